The first-order valence-corrected chi connectivity index (χ1v) is 9.52. The van der Waals surface area contributed by atoms with Gasteiger partial charge in [0.05, 0.1) is 28.1 Å². The molecule has 0 saturated carbocycles. The zero-order chi connectivity index (χ0) is 20.6. The van der Waals surface area contributed by atoms with E-state index in [-0.39, 0.29) is 23.3 Å². The van der Waals surface area contributed by atoms with Crippen molar-refractivity contribution in [1.82, 2.24) is 4.57 Å². The van der Waals surface area contributed by atoms with Gasteiger partial charge in [-0.1, -0.05) is 23.2 Å². The number of phenols is 1. The van der Waals surface area contributed by atoms with Gasteiger partial charge < -0.3 is 9.84 Å². The van der Waals surface area contributed by atoms with E-state index in [4.69, 9.17) is 27.9 Å². The van der Waals surface area contributed by atoms with E-state index in [1.807, 2.05) is 0 Å². The van der Waals surface area contributed by atoms with Crippen molar-refractivity contribution >= 4 is 46.0 Å². The van der Waals surface area contributed by atoms with E-state index >= 15 is 0 Å². The number of benzene rings is 2. The van der Waals surface area contributed by atoms with Crippen molar-refractivity contribution in [1.29, 1.82) is 0 Å². The number of halogens is 2. The Kier molecular flexibility index (Phi) is 5.68. The molecule has 0 aliphatic heterocycles. The number of nitrogens with zero attached hydrogens (tertiary/aromatic N) is 1. The lowest BCUT2D eigenvalue weighted by molar-refractivity contribution is -0.144. The maximum Gasteiger partial charge on any atom is 0.313 e. The van der Waals surface area contributed by atoms with Crippen LogP contribution < -0.4 is 0 Å². The maximum absolute atomic E-state index is 13.2. The highest BCUT2D eigenvalue weighted by molar-refractivity contribution is 6.42. The summed E-state index contributed by atoms with van der Waals surface area (Å²) in [5.41, 5.74) is 2.17. The summed E-state index contributed by atoms with van der Waals surface area (Å²) in [7, 11) is 0. The number of phenolic OH excluding ortho intramolecular Hbond substituents is 1. The predicted molar refractivity (Wildman–Crippen MR) is 110 cm³/mol. The van der Waals surface area contributed by atoms with Crippen molar-refractivity contribution in [2.75, 3.05) is 6.61 Å². The number of rotatable bonds is 4. The summed E-state index contributed by atoms with van der Waals surface area (Å²) in [5, 5.41) is 11.2. The molecule has 1 atom stereocenters. The zero-order valence-corrected chi connectivity index (χ0v) is 17.1. The van der Waals surface area contributed by atoms with Crippen molar-refractivity contribution in [3.05, 3.63) is 63.3 Å². The van der Waals surface area contributed by atoms with Crippen LogP contribution in [0.4, 0.5) is 0 Å². The third-order valence-corrected chi connectivity index (χ3v) is 5.42. The number of carbonyl (C=O) groups is 2. The lowest BCUT2D eigenvalue weighted by Gasteiger charge is -2.12. The molecule has 1 aromatic heterocycles. The fraction of sp³-hybridized carbons (Fsp3) is 0.238. The average Bonchev–Trinajstić information content (AvgIpc) is 2.94. The van der Waals surface area contributed by atoms with Gasteiger partial charge in [-0.25, -0.2) is 0 Å². The number of carbonyl (C=O) groups excluding carboxylic acids is 2. The minimum atomic E-state index is -0.605. The summed E-state index contributed by atoms with van der Waals surface area (Å²) >= 11 is 12.0. The van der Waals surface area contributed by atoms with E-state index in [0.717, 1.165) is 0 Å². The Labute approximate surface area is 172 Å². The number of aromatic hydroxyl groups is 1. The number of esters is 1. The van der Waals surface area contributed by atoms with Gasteiger partial charge in [0.15, 0.2) is 0 Å². The van der Waals surface area contributed by atoms with Gasteiger partial charge in [0.25, 0.3) is 5.91 Å². The third-order valence-electron chi connectivity index (χ3n) is 4.68. The van der Waals surface area contributed by atoms with Crippen LogP contribution in [0.25, 0.3) is 10.9 Å². The van der Waals surface area contributed by atoms with Crippen LogP contribution in [-0.4, -0.2) is 28.2 Å². The van der Waals surface area contributed by atoms with Crippen LogP contribution >= 0.6 is 23.2 Å². The van der Waals surface area contributed by atoms with E-state index in [1.54, 1.807) is 45.0 Å². The molecule has 3 aromatic rings. The van der Waals surface area contributed by atoms with E-state index in [9.17, 15) is 14.7 Å². The lowest BCUT2D eigenvalue weighted by atomic mass is 9.98. The lowest BCUT2D eigenvalue weighted by Crippen LogP contribution is -2.16. The first-order valence-electron chi connectivity index (χ1n) is 8.76. The molecule has 5 nitrogen and oxygen atoms in total. The quantitative estimate of drug-likeness (QED) is 0.581. The molecular weight excluding hydrogens is 401 g/mol. The van der Waals surface area contributed by atoms with Crippen molar-refractivity contribution in [2.45, 2.75) is 26.7 Å². The molecule has 0 unspecified atom stereocenters. The van der Waals surface area contributed by atoms with Gasteiger partial charge in [0, 0.05) is 16.6 Å². The van der Waals surface area contributed by atoms with Gasteiger partial charge in [-0.3, -0.25) is 14.2 Å². The summed E-state index contributed by atoms with van der Waals surface area (Å²) < 4.78 is 6.66. The minimum absolute atomic E-state index is 0.0453. The molecular formula is C21H19Cl2NO4. The van der Waals surface area contributed by atoms with Gasteiger partial charge in [0.1, 0.15) is 5.75 Å². The Balaban J connectivity index is 2.23. The zero-order valence-electron chi connectivity index (χ0n) is 15.6. The monoisotopic (exact) mass is 419 g/mol. The normalized spacial score (nSPS) is 12.2. The largest absolute Gasteiger partial charge is 0.508 e. The Morgan fingerprint density at radius 1 is 1.14 bits per heavy atom. The van der Waals surface area contributed by atoms with Crippen molar-refractivity contribution in [3.8, 4) is 5.75 Å². The first kappa shape index (κ1) is 20.2. The van der Waals surface area contributed by atoms with Gasteiger partial charge in [0.2, 0.25) is 0 Å². The Morgan fingerprint density at radius 2 is 1.86 bits per heavy atom. The highest BCUT2D eigenvalue weighted by Gasteiger charge is 2.27. The van der Waals surface area contributed by atoms with Crippen LogP contribution in [-0.2, 0) is 9.53 Å². The molecule has 0 aliphatic rings. The Hall–Kier alpha value is -2.50. The summed E-state index contributed by atoms with van der Waals surface area (Å²) in [6.45, 7) is 5.48. The van der Waals surface area contributed by atoms with E-state index in [0.29, 0.717) is 32.7 Å². The predicted octanol–water partition coefficient (Wildman–Crippen LogP) is 5.32. The highest BCUT2D eigenvalue weighted by atomic mass is 35.5. The van der Waals surface area contributed by atoms with Gasteiger partial charge in [-0.15, -0.1) is 0 Å². The molecule has 0 amide bonds. The van der Waals surface area contributed by atoms with Crippen LogP contribution in [0.5, 0.6) is 5.75 Å². The van der Waals surface area contributed by atoms with Crippen molar-refractivity contribution in [2.24, 2.45) is 0 Å². The number of fused-ring (bicyclic) bond motifs is 1. The molecule has 3 rings (SSSR count). The van der Waals surface area contributed by atoms with Crippen molar-refractivity contribution < 1.29 is 19.4 Å². The highest BCUT2D eigenvalue weighted by Crippen LogP contribution is 2.35. The second-order valence-electron chi connectivity index (χ2n) is 6.44. The third kappa shape index (κ3) is 3.48. The van der Waals surface area contributed by atoms with Gasteiger partial charge in [-0.2, -0.15) is 0 Å². The Bertz CT molecular complexity index is 1090. The van der Waals surface area contributed by atoms with E-state index in [1.165, 1.54) is 16.7 Å². The van der Waals surface area contributed by atoms with Crippen LogP contribution in [0.3, 0.4) is 0 Å². The van der Waals surface area contributed by atoms with Crippen LogP contribution in [0.15, 0.2) is 36.4 Å². The first-order chi connectivity index (χ1) is 13.3. The number of hydrogen-bond donors (Lipinski definition) is 1. The van der Waals surface area contributed by atoms with Crippen LogP contribution in [0.1, 0.15) is 41.4 Å². The number of hydrogen-bond acceptors (Lipinski definition) is 4. The topological polar surface area (TPSA) is 68.5 Å². The molecule has 28 heavy (non-hydrogen) atoms. The summed E-state index contributed by atoms with van der Waals surface area (Å²) in [5.74, 6) is -1.26. The molecule has 1 N–H and O–H groups in total. The van der Waals surface area contributed by atoms with Crippen LogP contribution in [0, 0.1) is 6.92 Å². The smallest absolute Gasteiger partial charge is 0.313 e. The molecule has 2 aromatic carbocycles. The van der Waals surface area contributed by atoms with Gasteiger partial charge >= 0.3 is 5.97 Å². The van der Waals surface area contributed by atoms with Crippen LogP contribution in [0.2, 0.25) is 10.0 Å². The fourth-order valence-electron chi connectivity index (χ4n) is 3.38. The standard InChI is InChI=1S/C21H19Cl2NO4/c1-4-28-21(27)11(2)19-12(3)24(18-8-6-14(25)10-15(18)19)20(26)13-5-7-16(22)17(23)9-13/h5-11,25H,4H2,1-3H3/t11-/m1/s1. The maximum atomic E-state index is 13.2. The Morgan fingerprint density at radius 3 is 2.50 bits per heavy atom. The summed E-state index contributed by atoms with van der Waals surface area (Å²) in [6.07, 6.45) is 0. The minimum Gasteiger partial charge on any atom is -0.508 e. The molecule has 1 heterocycles. The number of aromatic nitrogens is 1. The van der Waals surface area contributed by atoms with E-state index < -0.39 is 11.9 Å². The SMILES string of the molecule is CCOC(=O)[C@H](C)c1c(C)n(C(=O)c2ccc(Cl)c(Cl)c2)c2ccc(O)cc12. The molecule has 146 valence electrons. The number of ether oxygens (including phenoxy) is 1. The fourth-order valence-corrected chi connectivity index (χ4v) is 3.68. The second kappa shape index (κ2) is 7.86. The second-order valence-corrected chi connectivity index (χ2v) is 7.26. The average molecular weight is 420 g/mol. The molecule has 7 heteroatoms. The molecule has 0 spiro atoms. The van der Waals surface area contributed by atoms with Crippen molar-refractivity contribution in [3.63, 3.8) is 0 Å². The van der Waals surface area contributed by atoms with E-state index in [2.05, 4.69) is 0 Å². The molecule has 0 bridgehead atoms. The molecule has 0 radical (unpaired) electrons. The summed E-state index contributed by atoms with van der Waals surface area (Å²) in [6, 6.07) is 9.36. The molecule has 0 fully saturated rings. The molecule has 0 aliphatic carbocycles. The van der Waals surface area contributed by atoms with Gasteiger partial charge in [-0.05, 0) is 62.7 Å². The summed E-state index contributed by atoms with van der Waals surface area (Å²) in [4.78, 5) is 25.6. The molecule has 0 saturated heterocycles.